The zero-order valence-electron chi connectivity index (χ0n) is 14.0. The van der Waals surface area contributed by atoms with Crippen LogP contribution in [0.2, 0.25) is 0 Å². The lowest BCUT2D eigenvalue weighted by Gasteiger charge is -2.20. The van der Waals surface area contributed by atoms with Gasteiger partial charge in [0.25, 0.3) is 0 Å². The molecule has 1 aromatic carbocycles. The molecule has 0 unspecified atom stereocenters. The quantitative estimate of drug-likeness (QED) is 0.704. The Morgan fingerprint density at radius 3 is 2.46 bits per heavy atom. The molecule has 1 saturated heterocycles. The van der Waals surface area contributed by atoms with E-state index in [0.29, 0.717) is 11.0 Å². The highest BCUT2D eigenvalue weighted by atomic mass is 35.5. The Balaban J connectivity index is 0.00000392. The molecule has 0 bridgehead atoms. The van der Waals surface area contributed by atoms with Crippen molar-refractivity contribution in [3.05, 3.63) is 29.8 Å². The monoisotopic (exact) mass is 441 g/mol. The number of primary amides is 1. The minimum Gasteiger partial charge on any atom is -0.449 e. The molecule has 2 N–H and O–H groups in total. The number of benzene rings is 1. The summed E-state index contributed by atoms with van der Waals surface area (Å²) >= 11 is 0. The van der Waals surface area contributed by atoms with E-state index >= 15 is 0 Å². The highest BCUT2D eigenvalue weighted by Gasteiger charge is 2.47. The standard InChI is InChI=1S/C15H14F3N3O5S.ClH/c16-15(17,18)10-3-1-2-4-12(10)27(24,25)9-7-11(13(22)26-6-5-19)21(8-9)14(20)23;/h1-4,9,11H,6-8H2,(H2,20,23);1H/t9-,11+;/m1./s1. The van der Waals surface area contributed by atoms with E-state index in [1.54, 1.807) is 0 Å². The van der Waals surface area contributed by atoms with Crippen molar-refractivity contribution in [3.8, 4) is 6.07 Å². The number of nitriles is 1. The fourth-order valence-corrected chi connectivity index (χ4v) is 4.73. The van der Waals surface area contributed by atoms with Crippen LogP contribution in [0.25, 0.3) is 0 Å². The molecule has 1 fully saturated rings. The molecule has 2 atom stereocenters. The van der Waals surface area contributed by atoms with E-state index in [0.717, 1.165) is 18.2 Å². The van der Waals surface area contributed by atoms with E-state index in [1.165, 1.54) is 6.07 Å². The van der Waals surface area contributed by atoms with Gasteiger partial charge >= 0.3 is 18.2 Å². The highest BCUT2D eigenvalue weighted by Crippen LogP contribution is 2.37. The molecule has 0 radical (unpaired) electrons. The Kier molecular flexibility index (Phi) is 7.27. The predicted octanol–water partition coefficient (Wildman–Crippen LogP) is 1.49. The lowest BCUT2D eigenvalue weighted by molar-refractivity contribution is -0.146. The highest BCUT2D eigenvalue weighted by molar-refractivity contribution is 7.92. The van der Waals surface area contributed by atoms with Gasteiger partial charge in [-0.15, -0.1) is 12.4 Å². The molecule has 1 aromatic rings. The lowest BCUT2D eigenvalue weighted by atomic mass is 10.2. The zero-order valence-corrected chi connectivity index (χ0v) is 15.7. The first-order valence-corrected chi connectivity index (χ1v) is 9.04. The fourth-order valence-electron chi connectivity index (χ4n) is 2.82. The Morgan fingerprint density at radius 2 is 1.93 bits per heavy atom. The molecule has 154 valence electrons. The Hall–Kier alpha value is -2.52. The molecular formula is C15H15ClF3N3O5S. The van der Waals surface area contributed by atoms with Gasteiger partial charge in [0.2, 0.25) is 0 Å². The summed E-state index contributed by atoms with van der Waals surface area (Å²) in [5, 5.41) is 6.94. The van der Waals surface area contributed by atoms with Gasteiger partial charge in [0, 0.05) is 6.54 Å². The third-order valence-corrected chi connectivity index (χ3v) is 6.22. The summed E-state index contributed by atoms with van der Waals surface area (Å²) in [5.74, 6) is -1.06. The zero-order chi connectivity index (χ0) is 20.4. The summed E-state index contributed by atoms with van der Waals surface area (Å²) in [6.07, 6.45) is -5.40. The number of carbonyl (C=O) groups is 2. The molecule has 8 nitrogen and oxygen atoms in total. The van der Waals surface area contributed by atoms with E-state index in [2.05, 4.69) is 4.74 Å². The summed E-state index contributed by atoms with van der Waals surface area (Å²) in [4.78, 5) is 23.2. The molecule has 1 aliphatic heterocycles. The van der Waals surface area contributed by atoms with Crippen LogP contribution in [-0.4, -0.2) is 49.8 Å². The Bertz CT molecular complexity index is 901. The van der Waals surface area contributed by atoms with E-state index < -0.39 is 69.3 Å². The number of alkyl halides is 3. The van der Waals surface area contributed by atoms with Gasteiger partial charge in [-0.3, -0.25) is 0 Å². The maximum absolute atomic E-state index is 13.2. The van der Waals surface area contributed by atoms with Crippen molar-refractivity contribution in [2.45, 2.75) is 28.8 Å². The molecular weight excluding hydrogens is 427 g/mol. The Morgan fingerprint density at radius 1 is 1.32 bits per heavy atom. The topological polar surface area (TPSA) is 131 Å². The number of urea groups is 1. The van der Waals surface area contributed by atoms with Crippen molar-refractivity contribution in [3.63, 3.8) is 0 Å². The van der Waals surface area contributed by atoms with Crippen LogP contribution in [0.15, 0.2) is 29.2 Å². The summed E-state index contributed by atoms with van der Waals surface area (Å²) < 4.78 is 69.6. The van der Waals surface area contributed by atoms with Crippen molar-refractivity contribution in [2.24, 2.45) is 5.73 Å². The summed E-state index contributed by atoms with van der Waals surface area (Å²) in [6, 6.07) is 2.63. The van der Waals surface area contributed by atoms with Crippen LogP contribution in [0.1, 0.15) is 12.0 Å². The molecule has 0 saturated carbocycles. The number of halogens is 4. The number of hydrogen-bond donors (Lipinski definition) is 1. The molecule has 1 heterocycles. The van der Waals surface area contributed by atoms with Gasteiger partial charge in [-0.05, 0) is 18.6 Å². The number of rotatable bonds is 4. The molecule has 28 heavy (non-hydrogen) atoms. The summed E-state index contributed by atoms with van der Waals surface area (Å²) in [7, 11) is -4.55. The van der Waals surface area contributed by atoms with Gasteiger partial charge in [-0.1, -0.05) is 12.1 Å². The second-order valence-electron chi connectivity index (χ2n) is 5.67. The van der Waals surface area contributed by atoms with Crippen LogP contribution in [0.3, 0.4) is 0 Å². The first-order valence-electron chi connectivity index (χ1n) is 7.50. The normalized spacial score (nSPS) is 19.4. The molecule has 0 aromatic heterocycles. The molecule has 0 spiro atoms. The summed E-state index contributed by atoms with van der Waals surface area (Å²) in [6.45, 7) is -1.20. The van der Waals surface area contributed by atoms with E-state index in [1.807, 2.05) is 0 Å². The fraction of sp³-hybridized carbons (Fsp3) is 0.400. The maximum Gasteiger partial charge on any atom is 0.417 e. The number of nitrogens with zero attached hydrogens (tertiary/aromatic N) is 2. The van der Waals surface area contributed by atoms with Crippen LogP contribution < -0.4 is 5.73 Å². The number of esters is 1. The van der Waals surface area contributed by atoms with Crippen LogP contribution in [0.5, 0.6) is 0 Å². The number of carbonyl (C=O) groups excluding carboxylic acids is 2. The molecule has 1 aliphatic rings. The van der Waals surface area contributed by atoms with Gasteiger partial charge in [-0.2, -0.15) is 18.4 Å². The first-order chi connectivity index (χ1) is 12.5. The van der Waals surface area contributed by atoms with Crippen molar-refractivity contribution in [1.82, 2.24) is 4.90 Å². The smallest absolute Gasteiger partial charge is 0.417 e. The van der Waals surface area contributed by atoms with Crippen LogP contribution in [0, 0.1) is 11.3 Å². The van der Waals surface area contributed by atoms with Crippen molar-refractivity contribution < 1.29 is 35.9 Å². The van der Waals surface area contributed by atoms with Crippen molar-refractivity contribution >= 4 is 34.2 Å². The van der Waals surface area contributed by atoms with E-state index in [9.17, 15) is 31.2 Å². The molecule has 2 rings (SSSR count). The SMILES string of the molecule is Cl.N#CCOC(=O)[C@@H]1C[C@@H](S(=O)(=O)c2ccccc2C(F)(F)F)CN1C(N)=O. The van der Waals surface area contributed by atoms with Gasteiger partial charge in [0.15, 0.2) is 16.4 Å². The molecule has 13 heteroatoms. The first kappa shape index (κ1) is 23.5. The molecule has 0 aliphatic carbocycles. The van der Waals surface area contributed by atoms with Crippen LogP contribution in [0.4, 0.5) is 18.0 Å². The Labute approximate surface area is 164 Å². The third-order valence-electron chi connectivity index (χ3n) is 4.03. The average molecular weight is 442 g/mol. The average Bonchev–Trinajstić information content (AvgIpc) is 3.05. The van der Waals surface area contributed by atoms with E-state index in [-0.39, 0.29) is 12.4 Å². The number of hydrogen-bond acceptors (Lipinski definition) is 6. The van der Waals surface area contributed by atoms with Gasteiger partial charge in [0.1, 0.15) is 12.1 Å². The van der Waals surface area contributed by atoms with Gasteiger partial charge in [0.05, 0.1) is 15.7 Å². The second-order valence-corrected chi connectivity index (χ2v) is 7.87. The van der Waals surface area contributed by atoms with Crippen LogP contribution >= 0.6 is 12.4 Å². The van der Waals surface area contributed by atoms with E-state index in [4.69, 9.17) is 11.0 Å². The van der Waals surface area contributed by atoms with Crippen LogP contribution in [-0.2, 0) is 25.5 Å². The number of amides is 2. The number of sulfone groups is 1. The minimum absolute atomic E-state index is 0. The lowest BCUT2D eigenvalue weighted by Crippen LogP contribution is -2.44. The molecule has 2 amide bonds. The minimum atomic E-state index is -4.91. The maximum atomic E-state index is 13.2. The number of nitrogens with two attached hydrogens (primary N) is 1. The number of ether oxygens (including phenoxy) is 1. The van der Waals surface area contributed by atoms with Crippen molar-refractivity contribution in [2.75, 3.05) is 13.2 Å². The second kappa shape index (κ2) is 8.66. The van der Waals surface area contributed by atoms with Crippen molar-refractivity contribution in [1.29, 1.82) is 5.26 Å². The summed E-state index contributed by atoms with van der Waals surface area (Å²) in [5.41, 5.74) is 3.80. The number of likely N-dealkylation sites (tertiary alicyclic amines) is 1. The van der Waals surface area contributed by atoms with Gasteiger partial charge < -0.3 is 15.4 Å². The predicted molar refractivity (Wildman–Crippen MR) is 90.9 cm³/mol. The largest absolute Gasteiger partial charge is 0.449 e. The third kappa shape index (κ3) is 4.66. The van der Waals surface area contributed by atoms with Gasteiger partial charge in [-0.25, -0.2) is 18.0 Å².